The van der Waals surface area contributed by atoms with E-state index in [1.807, 2.05) is 30.6 Å². The zero-order chi connectivity index (χ0) is 19.5. The lowest BCUT2D eigenvalue weighted by atomic mass is 9.93. The summed E-state index contributed by atoms with van der Waals surface area (Å²) in [7, 11) is 0. The van der Waals surface area contributed by atoms with Crippen molar-refractivity contribution >= 4 is 11.0 Å². The molecule has 0 saturated carbocycles. The standard InChI is InChI=1S/C23H25N5O/c1-2-7-21-20(6-1)25-16-28(21)15-18-4-3-5-19(14-18)23-26-22(29-27-23)9-8-17-10-12-24-13-11-17/h1-7,14,16-17,24H,8-13,15H2. The van der Waals surface area contributed by atoms with E-state index in [0.717, 1.165) is 60.9 Å². The van der Waals surface area contributed by atoms with E-state index in [-0.39, 0.29) is 0 Å². The van der Waals surface area contributed by atoms with Crippen molar-refractivity contribution in [3.05, 3.63) is 66.3 Å². The fourth-order valence-electron chi connectivity index (χ4n) is 4.11. The van der Waals surface area contributed by atoms with Crippen LogP contribution >= 0.6 is 0 Å². The quantitative estimate of drug-likeness (QED) is 0.540. The second-order valence-corrected chi connectivity index (χ2v) is 7.81. The van der Waals surface area contributed by atoms with Crippen molar-refractivity contribution in [1.29, 1.82) is 0 Å². The molecule has 0 spiro atoms. The minimum atomic E-state index is 0.669. The first-order valence-corrected chi connectivity index (χ1v) is 10.4. The molecule has 1 N–H and O–H groups in total. The lowest BCUT2D eigenvalue weighted by molar-refractivity contribution is 0.324. The van der Waals surface area contributed by atoms with Crippen LogP contribution in [0.1, 0.15) is 30.7 Å². The van der Waals surface area contributed by atoms with Crippen molar-refractivity contribution in [2.24, 2.45) is 5.92 Å². The van der Waals surface area contributed by atoms with E-state index >= 15 is 0 Å². The molecule has 1 saturated heterocycles. The molecule has 6 heteroatoms. The summed E-state index contributed by atoms with van der Waals surface area (Å²) in [5.41, 5.74) is 4.33. The number of aryl methyl sites for hydroxylation is 1. The number of fused-ring (bicyclic) bond motifs is 1. The number of nitrogens with zero attached hydrogens (tertiary/aromatic N) is 4. The molecule has 4 aromatic rings. The molecule has 0 radical (unpaired) electrons. The van der Waals surface area contributed by atoms with Crippen molar-refractivity contribution in [2.45, 2.75) is 32.2 Å². The zero-order valence-corrected chi connectivity index (χ0v) is 16.4. The van der Waals surface area contributed by atoms with Gasteiger partial charge >= 0.3 is 0 Å². The number of para-hydroxylation sites is 2. The Morgan fingerprint density at radius 3 is 2.90 bits per heavy atom. The Hall–Kier alpha value is -2.99. The number of hydrogen-bond donors (Lipinski definition) is 1. The normalized spacial score (nSPS) is 15.2. The predicted octanol–water partition coefficient (Wildman–Crippen LogP) is 4.07. The van der Waals surface area contributed by atoms with Gasteiger partial charge in [0.25, 0.3) is 0 Å². The molecule has 1 aliphatic heterocycles. The van der Waals surface area contributed by atoms with Crippen LogP contribution in [0.25, 0.3) is 22.4 Å². The maximum atomic E-state index is 5.52. The summed E-state index contributed by atoms with van der Waals surface area (Å²) >= 11 is 0. The molecule has 29 heavy (non-hydrogen) atoms. The summed E-state index contributed by atoms with van der Waals surface area (Å²) in [6, 6.07) is 16.5. The maximum Gasteiger partial charge on any atom is 0.226 e. The number of nitrogens with one attached hydrogen (secondary N) is 1. The maximum absolute atomic E-state index is 5.52. The Bertz CT molecular complexity index is 1090. The number of piperidine rings is 1. The van der Waals surface area contributed by atoms with Crippen LogP contribution < -0.4 is 5.32 Å². The number of benzene rings is 2. The van der Waals surface area contributed by atoms with Gasteiger partial charge in [-0.1, -0.05) is 35.5 Å². The van der Waals surface area contributed by atoms with E-state index in [4.69, 9.17) is 4.52 Å². The highest BCUT2D eigenvalue weighted by Gasteiger charge is 2.15. The van der Waals surface area contributed by atoms with E-state index in [0.29, 0.717) is 5.82 Å². The van der Waals surface area contributed by atoms with Gasteiger partial charge < -0.3 is 14.4 Å². The molecule has 0 unspecified atom stereocenters. The van der Waals surface area contributed by atoms with Gasteiger partial charge in [0.05, 0.1) is 17.4 Å². The number of rotatable bonds is 6. The van der Waals surface area contributed by atoms with Crippen LogP contribution in [0, 0.1) is 5.92 Å². The number of aromatic nitrogens is 4. The lowest BCUT2D eigenvalue weighted by Gasteiger charge is -2.21. The summed E-state index contributed by atoms with van der Waals surface area (Å²) in [4.78, 5) is 9.12. The van der Waals surface area contributed by atoms with E-state index in [9.17, 15) is 0 Å². The van der Waals surface area contributed by atoms with Crippen molar-refractivity contribution < 1.29 is 4.52 Å². The van der Waals surface area contributed by atoms with Crippen LogP contribution in [0.15, 0.2) is 59.4 Å². The van der Waals surface area contributed by atoms with E-state index in [2.05, 4.69) is 49.3 Å². The minimum absolute atomic E-state index is 0.669. The highest BCUT2D eigenvalue weighted by Crippen LogP contribution is 2.22. The Kier molecular flexibility index (Phi) is 5.09. The second-order valence-electron chi connectivity index (χ2n) is 7.81. The molecule has 5 rings (SSSR count). The van der Waals surface area contributed by atoms with Crippen molar-refractivity contribution in [2.75, 3.05) is 13.1 Å². The molecule has 6 nitrogen and oxygen atoms in total. The topological polar surface area (TPSA) is 68.8 Å². The smallest absolute Gasteiger partial charge is 0.226 e. The van der Waals surface area contributed by atoms with Gasteiger partial charge in [-0.2, -0.15) is 4.98 Å². The largest absolute Gasteiger partial charge is 0.339 e. The molecule has 3 heterocycles. The minimum Gasteiger partial charge on any atom is -0.339 e. The molecule has 1 aliphatic rings. The first-order chi connectivity index (χ1) is 14.3. The van der Waals surface area contributed by atoms with Crippen LogP contribution in [0.2, 0.25) is 0 Å². The molecule has 0 aliphatic carbocycles. The van der Waals surface area contributed by atoms with Crippen molar-refractivity contribution in [1.82, 2.24) is 25.0 Å². The molecule has 1 fully saturated rings. The van der Waals surface area contributed by atoms with Crippen LogP contribution in [-0.2, 0) is 13.0 Å². The third-order valence-electron chi connectivity index (χ3n) is 5.76. The lowest BCUT2D eigenvalue weighted by Crippen LogP contribution is -2.27. The molecule has 0 amide bonds. The summed E-state index contributed by atoms with van der Waals surface area (Å²) in [5.74, 6) is 2.17. The molecule has 0 atom stereocenters. The first kappa shape index (κ1) is 18.1. The van der Waals surface area contributed by atoms with E-state index < -0.39 is 0 Å². The predicted molar refractivity (Wildman–Crippen MR) is 112 cm³/mol. The van der Waals surface area contributed by atoms with Gasteiger partial charge in [0, 0.05) is 18.5 Å². The summed E-state index contributed by atoms with van der Waals surface area (Å²) in [6.07, 6.45) is 6.36. The Morgan fingerprint density at radius 1 is 1.07 bits per heavy atom. The Balaban J connectivity index is 1.29. The second kappa shape index (κ2) is 8.17. The van der Waals surface area contributed by atoms with Gasteiger partial charge in [-0.05, 0) is 62.0 Å². The fourth-order valence-corrected chi connectivity index (χ4v) is 4.11. The van der Waals surface area contributed by atoms with E-state index in [1.54, 1.807) is 0 Å². The molecular weight excluding hydrogens is 362 g/mol. The van der Waals surface area contributed by atoms with Gasteiger partial charge in [-0.3, -0.25) is 0 Å². The Labute approximate surface area is 170 Å². The first-order valence-electron chi connectivity index (χ1n) is 10.4. The van der Waals surface area contributed by atoms with Gasteiger partial charge in [0.1, 0.15) is 0 Å². The van der Waals surface area contributed by atoms with E-state index in [1.165, 1.54) is 18.4 Å². The van der Waals surface area contributed by atoms with Gasteiger partial charge in [-0.25, -0.2) is 4.98 Å². The molecular formula is C23H25N5O. The highest BCUT2D eigenvalue weighted by atomic mass is 16.5. The molecule has 148 valence electrons. The van der Waals surface area contributed by atoms with Gasteiger partial charge in [0.15, 0.2) is 0 Å². The Morgan fingerprint density at radius 2 is 1.97 bits per heavy atom. The van der Waals surface area contributed by atoms with Crippen LogP contribution in [0.5, 0.6) is 0 Å². The summed E-state index contributed by atoms with van der Waals surface area (Å²) in [5, 5.41) is 7.63. The van der Waals surface area contributed by atoms with Gasteiger partial charge in [0.2, 0.25) is 11.7 Å². The van der Waals surface area contributed by atoms with Crippen molar-refractivity contribution in [3.63, 3.8) is 0 Å². The zero-order valence-electron chi connectivity index (χ0n) is 16.4. The van der Waals surface area contributed by atoms with Gasteiger partial charge in [-0.15, -0.1) is 0 Å². The monoisotopic (exact) mass is 387 g/mol. The van der Waals surface area contributed by atoms with Crippen molar-refractivity contribution in [3.8, 4) is 11.4 Å². The average molecular weight is 387 g/mol. The molecule has 0 bridgehead atoms. The third kappa shape index (κ3) is 4.07. The molecule has 2 aromatic heterocycles. The summed E-state index contributed by atoms with van der Waals surface area (Å²) < 4.78 is 7.68. The molecule has 2 aromatic carbocycles. The van der Waals surface area contributed by atoms with Crippen LogP contribution in [0.4, 0.5) is 0 Å². The van der Waals surface area contributed by atoms with Crippen LogP contribution in [-0.4, -0.2) is 32.8 Å². The number of hydrogen-bond acceptors (Lipinski definition) is 5. The SMILES string of the molecule is c1cc(Cn2cnc3ccccc32)cc(-c2noc(CCC3CCNCC3)n2)c1. The van der Waals surface area contributed by atoms with Crippen LogP contribution in [0.3, 0.4) is 0 Å². The third-order valence-corrected chi connectivity index (χ3v) is 5.76. The fraction of sp³-hybridized carbons (Fsp3) is 0.348. The summed E-state index contributed by atoms with van der Waals surface area (Å²) in [6.45, 7) is 3.01. The highest BCUT2D eigenvalue weighted by molar-refractivity contribution is 5.75. The average Bonchev–Trinajstić information content (AvgIpc) is 3.41. The number of imidazole rings is 1.